The number of benzene rings is 1. The van der Waals surface area contributed by atoms with Crippen LogP contribution < -0.4 is 0 Å². The van der Waals surface area contributed by atoms with E-state index in [0.717, 1.165) is 6.20 Å². The minimum absolute atomic E-state index is 0.0325. The molecule has 1 heterocycles. The zero-order valence-electron chi connectivity index (χ0n) is 9.90. The van der Waals surface area contributed by atoms with E-state index >= 15 is 0 Å². The van der Waals surface area contributed by atoms with E-state index in [1.165, 1.54) is 30.5 Å². The summed E-state index contributed by atoms with van der Waals surface area (Å²) in [6.45, 7) is 1.67. The van der Waals surface area contributed by atoms with Crippen LogP contribution in [-0.4, -0.2) is 10.1 Å². The van der Waals surface area contributed by atoms with Crippen LogP contribution in [0.5, 0.6) is 0 Å². The first-order valence-corrected chi connectivity index (χ1v) is 5.67. The highest BCUT2D eigenvalue weighted by Gasteiger charge is 2.34. The molecule has 0 fully saturated rings. The van der Waals surface area contributed by atoms with Crippen molar-refractivity contribution in [3.05, 3.63) is 65.5 Å². The van der Waals surface area contributed by atoms with Gasteiger partial charge in [0.05, 0.1) is 6.20 Å². The van der Waals surface area contributed by atoms with Gasteiger partial charge in [-0.05, 0) is 18.6 Å². The van der Waals surface area contributed by atoms with Crippen molar-refractivity contribution < 1.29 is 13.9 Å². The maximum Gasteiger partial charge on any atom is 0.147 e. The Balaban J connectivity index is 2.63. The summed E-state index contributed by atoms with van der Waals surface area (Å²) in [5.41, 5.74) is -1.58. The number of pyridine rings is 1. The van der Waals surface area contributed by atoms with E-state index in [2.05, 4.69) is 4.98 Å². The Kier molecular flexibility index (Phi) is 3.39. The lowest BCUT2D eigenvalue weighted by atomic mass is 9.84. The first-order valence-electron chi connectivity index (χ1n) is 5.67. The number of nitrogens with zero attached hydrogens (tertiary/aromatic N) is 1. The highest BCUT2D eigenvalue weighted by atomic mass is 19.1. The summed E-state index contributed by atoms with van der Waals surface area (Å²) in [4.78, 5) is 3.63. The topological polar surface area (TPSA) is 33.1 Å². The van der Waals surface area contributed by atoms with Gasteiger partial charge in [0, 0.05) is 17.3 Å². The van der Waals surface area contributed by atoms with Gasteiger partial charge in [-0.2, -0.15) is 0 Å². The smallest absolute Gasteiger partial charge is 0.147 e. The molecule has 1 unspecified atom stereocenters. The van der Waals surface area contributed by atoms with Gasteiger partial charge in [0.1, 0.15) is 17.2 Å². The summed E-state index contributed by atoms with van der Waals surface area (Å²) >= 11 is 0. The number of rotatable bonds is 3. The third-order valence-corrected chi connectivity index (χ3v) is 3.05. The van der Waals surface area contributed by atoms with E-state index in [1.807, 2.05) is 0 Å². The van der Waals surface area contributed by atoms with Gasteiger partial charge in [-0.25, -0.2) is 8.78 Å². The second kappa shape index (κ2) is 4.82. The minimum atomic E-state index is -1.68. The molecule has 0 amide bonds. The minimum Gasteiger partial charge on any atom is -0.380 e. The van der Waals surface area contributed by atoms with Gasteiger partial charge in [-0.1, -0.05) is 25.1 Å². The molecule has 2 aromatic rings. The summed E-state index contributed by atoms with van der Waals surface area (Å²) < 4.78 is 27.5. The van der Waals surface area contributed by atoms with Crippen molar-refractivity contribution in [1.82, 2.24) is 4.98 Å². The largest absolute Gasteiger partial charge is 0.380 e. The fourth-order valence-corrected chi connectivity index (χ4v) is 2.03. The second-order valence-electron chi connectivity index (χ2n) is 4.05. The van der Waals surface area contributed by atoms with Crippen LogP contribution in [0.1, 0.15) is 24.5 Å². The molecule has 0 aliphatic rings. The molecule has 0 aliphatic carbocycles. The highest BCUT2D eigenvalue weighted by molar-refractivity contribution is 5.36. The van der Waals surface area contributed by atoms with E-state index < -0.39 is 17.2 Å². The van der Waals surface area contributed by atoms with Gasteiger partial charge in [0.25, 0.3) is 0 Å². The maximum absolute atomic E-state index is 13.8. The van der Waals surface area contributed by atoms with E-state index in [1.54, 1.807) is 13.0 Å². The van der Waals surface area contributed by atoms with Crippen molar-refractivity contribution in [3.8, 4) is 0 Å². The third-order valence-electron chi connectivity index (χ3n) is 3.05. The molecule has 1 atom stereocenters. The molecular formula is C14H13F2NO. The molecule has 0 aliphatic heterocycles. The highest BCUT2D eigenvalue weighted by Crippen LogP contribution is 2.35. The van der Waals surface area contributed by atoms with Crippen LogP contribution in [0, 0.1) is 11.6 Å². The summed E-state index contributed by atoms with van der Waals surface area (Å²) in [5.74, 6) is -1.21. The zero-order valence-corrected chi connectivity index (χ0v) is 9.90. The van der Waals surface area contributed by atoms with Crippen molar-refractivity contribution in [1.29, 1.82) is 0 Å². The summed E-state index contributed by atoms with van der Waals surface area (Å²) in [5, 5.41) is 10.6. The lowest BCUT2D eigenvalue weighted by Gasteiger charge is -2.28. The Morgan fingerprint density at radius 3 is 2.39 bits per heavy atom. The fourth-order valence-electron chi connectivity index (χ4n) is 2.03. The molecule has 2 rings (SSSR count). The molecule has 0 bridgehead atoms. The number of hydrogen-bond acceptors (Lipinski definition) is 2. The van der Waals surface area contributed by atoms with Gasteiger partial charge in [0.15, 0.2) is 0 Å². The molecule has 18 heavy (non-hydrogen) atoms. The van der Waals surface area contributed by atoms with Crippen LogP contribution in [0.15, 0.2) is 42.7 Å². The Morgan fingerprint density at radius 2 is 1.78 bits per heavy atom. The molecule has 94 valence electrons. The first-order chi connectivity index (χ1) is 8.59. The van der Waals surface area contributed by atoms with Crippen LogP contribution in [0.25, 0.3) is 0 Å². The molecule has 1 aromatic heterocycles. The van der Waals surface area contributed by atoms with Crippen LogP contribution in [0.2, 0.25) is 0 Å². The Morgan fingerprint density at radius 1 is 1.11 bits per heavy atom. The van der Waals surface area contributed by atoms with Crippen molar-refractivity contribution in [2.75, 3.05) is 0 Å². The predicted molar refractivity (Wildman–Crippen MR) is 63.9 cm³/mol. The molecule has 0 spiro atoms. The number of hydrogen-bond donors (Lipinski definition) is 1. The van der Waals surface area contributed by atoms with Crippen LogP contribution in [0.3, 0.4) is 0 Å². The average Bonchev–Trinajstić information content (AvgIpc) is 2.39. The normalized spacial score (nSPS) is 14.2. The summed E-state index contributed by atoms with van der Waals surface area (Å²) in [6.07, 6.45) is 2.55. The first kappa shape index (κ1) is 12.6. The SMILES string of the molecule is CCC(O)(c1ccccc1F)c1ccncc1F. The van der Waals surface area contributed by atoms with Gasteiger partial charge >= 0.3 is 0 Å². The van der Waals surface area contributed by atoms with E-state index in [4.69, 9.17) is 0 Å². The van der Waals surface area contributed by atoms with E-state index in [-0.39, 0.29) is 17.5 Å². The molecule has 0 saturated carbocycles. The molecule has 1 N–H and O–H groups in total. The van der Waals surface area contributed by atoms with E-state index in [0.29, 0.717) is 0 Å². The fraction of sp³-hybridized carbons (Fsp3) is 0.214. The van der Waals surface area contributed by atoms with Crippen LogP contribution in [-0.2, 0) is 5.60 Å². The van der Waals surface area contributed by atoms with Gasteiger partial charge < -0.3 is 5.11 Å². The predicted octanol–water partition coefficient (Wildman–Crippen LogP) is 3.01. The third kappa shape index (κ3) is 1.99. The maximum atomic E-state index is 13.8. The molecule has 4 heteroatoms. The van der Waals surface area contributed by atoms with Crippen molar-refractivity contribution in [3.63, 3.8) is 0 Å². The monoisotopic (exact) mass is 249 g/mol. The van der Waals surface area contributed by atoms with Crippen LogP contribution >= 0.6 is 0 Å². The number of halogens is 2. The molecular weight excluding hydrogens is 236 g/mol. The van der Waals surface area contributed by atoms with Crippen molar-refractivity contribution >= 4 is 0 Å². The molecule has 0 radical (unpaired) electrons. The van der Waals surface area contributed by atoms with Crippen LogP contribution in [0.4, 0.5) is 8.78 Å². The van der Waals surface area contributed by atoms with Gasteiger partial charge in [-0.15, -0.1) is 0 Å². The second-order valence-corrected chi connectivity index (χ2v) is 4.05. The van der Waals surface area contributed by atoms with E-state index in [9.17, 15) is 13.9 Å². The lowest BCUT2D eigenvalue weighted by molar-refractivity contribution is 0.0685. The number of aliphatic hydroxyl groups is 1. The molecule has 0 saturated heterocycles. The Bertz CT molecular complexity index is 511. The summed E-state index contributed by atoms with van der Waals surface area (Å²) in [6, 6.07) is 7.20. The number of aromatic nitrogens is 1. The molecule has 1 aromatic carbocycles. The Labute approximate surface area is 104 Å². The quantitative estimate of drug-likeness (QED) is 0.907. The van der Waals surface area contributed by atoms with Crippen molar-refractivity contribution in [2.24, 2.45) is 0 Å². The van der Waals surface area contributed by atoms with Gasteiger partial charge in [0.2, 0.25) is 0 Å². The molecule has 2 nitrogen and oxygen atoms in total. The standard InChI is InChI=1S/C14H13F2NO/c1-2-14(18,10-5-3-4-6-12(10)15)11-7-8-17-9-13(11)16/h3-9,18H,2H2,1H3. The average molecular weight is 249 g/mol. The Hall–Kier alpha value is -1.81. The van der Waals surface area contributed by atoms with Crippen molar-refractivity contribution in [2.45, 2.75) is 18.9 Å². The lowest BCUT2D eigenvalue weighted by Crippen LogP contribution is -2.29. The summed E-state index contributed by atoms with van der Waals surface area (Å²) in [7, 11) is 0. The zero-order chi connectivity index (χ0) is 13.2. The van der Waals surface area contributed by atoms with Gasteiger partial charge in [-0.3, -0.25) is 4.98 Å².